The van der Waals surface area contributed by atoms with E-state index in [4.69, 9.17) is 5.73 Å². The number of hydrogen-bond donors (Lipinski definition) is 2. The van der Waals surface area contributed by atoms with Crippen LogP contribution in [0.3, 0.4) is 0 Å². The van der Waals surface area contributed by atoms with Crippen molar-refractivity contribution in [3.8, 4) is 0 Å². The predicted octanol–water partition coefficient (Wildman–Crippen LogP) is 3.95. The van der Waals surface area contributed by atoms with E-state index in [0.717, 1.165) is 6.54 Å². The van der Waals surface area contributed by atoms with E-state index in [1.807, 2.05) is 0 Å². The first kappa shape index (κ1) is 17.8. The Kier molecular flexibility index (Phi) is 7.60. The Bertz CT molecular complexity index is 579. The van der Waals surface area contributed by atoms with Crippen LogP contribution >= 0.6 is 9.39 Å². The lowest BCUT2D eigenvalue weighted by Gasteiger charge is -2.03. The Hall–Kier alpha value is -1.21. The smallest absolute Gasteiger partial charge is 0.0237 e. The lowest BCUT2D eigenvalue weighted by molar-refractivity contribution is 0.974. The lowest BCUT2D eigenvalue weighted by Crippen LogP contribution is -1.97. The van der Waals surface area contributed by atoms with Crippen molar-refractivity contribution in [2.24, 2.45) is 5.73 Å². The fraction of sp³-hybridized carbons (Fsp3) is 0.333. The monoisotopic (exact) mass is 302 g/mol. The molecule has 114 valence electrons. The summed E-state index contributed by atoms with van der Waals surface area (Å²) in [7, 11) is 2.51. The van der Waals surface area contributed by atoms with E-state index >= 15 is 0 Å². The van der Waals surface area contributed by atoms with Crippen LogP contribution in [0.15, 0.2) is 36.4 Å². The molecule has 1 unspecified atom stereocenters. The van der Waals surface area contributed by atoms with Gasteiger partial charge in [0.25, 0.3) is 0 Å². The van der Waals surface area contributed by atoms with Crippen LogP contribution in [0.5, 0.6) is 0 Å². The second kappa shape index (κ2) is 8.94. The molecule has 0 bridgehead atoms. The summed E-state index contributed by atoms with van der Waals surface area (Å²) in [5, 5.41) is 3.05. The summed E-state index contributed by atoms with van der Waals surface area (Å²) in [6.45, 7) is 10.0. The van der Waals surface area contributed by atoms with Gasteiger partial charge in [-0.3, -0.25) is 5.09 Å². The molecule has 3 heteroatoms. The van der Waals surface area contributed by atoms with E-state index < -0.39 is 0 Å². The zero-order valence-corrected chi connectivity index (χ0v) is 14.7. The molecule has 21 heavy (non-hydrogen) atoms. The summed E-state index contributed by atoms with van der Waals surface area (Å²) in [6, 6.07) is 12.8. The predicted molar refractivity (Wildman–Crippen MR) is 96.3 cm³/mol. The maximum absolute atomic E-state index is 5.47. The van der Waals surface area contributed by atoms with E-state index in [-0.39, 0.29) is 0 Å². The van der Waals surface area contributed by atoms with Crippen LogP contribution < -0.4 is 10.8 Å². The van der Waals surface area contributed by atoms with E-state index in [1.165, 1.54) is 33.4 Å². The van der Waals surface area contributed by atoms with E-state index in [0.29, 0.717) is 6.54 Å². The molecule has 2 rings (SSSR count). The Morgan fingerprint density at radius 1 is 0.810 bits per heavy atom. The molecule has 0 fully saturated rings. The summed E-state index contributed by atoms with van der Waals surface area (Å²) >= 11 is 0. The summed E-state index contributed by atoms with van der Waals surface area (Å²) in [5.74, 6) is 0. The minimum Gasteiger partial charge on any atom is -0.326 e. The summed E-state index contributed by atoms with van der Waals surface area (Å²) in [5.41, 5.74) is 13.4. The highest BCUT2D eigenvalue weighted by Crippen LogP contribution is 2.09. The van der Waals surface area contributed by atoms with Crippen molar-refractivity contribution in [2.75, 3.05) is 0 Å². The van der Waals surface area contributed by atoms with Gasteiger partial charge in [-0.05, 0) is 61.1 Å². The highest BCUT2D eigenvalue weighted by molar-refractivity contribution is 7.13. The van der Waals surface area contributed by atoms with Crippen LogP contribution in [0, 0.1) is 27.7 Å². The molecule has 0 aliphatic heterocycles. The van der Waals surface area contributed by atoms with Crippen LogP contribution in [0.25, 0.3) is 0 Å². The van der Waals surface area contributed by atoms with Gasteiger partial charge in [0, 0.05) is 13.1 Å². The van der Waals surface area contributed by atoms with E-state index in [2.05, 4.69) is 78.6 Å². The van der Waals surface area contributed by atoms with Gasteiger partial charge in [0.05, 0.1) is 0 Å². The fourth-order valence-electron chi connectivity index (χ4n) is 1.96. The zero-order chi connectivity index (χ0) is 15.8. The minimum atomic E-state index is 0.640. The van der Waals surface area contributed by atoms with Gasteiger partial charge in [-0.1, -0.05) is 45.8 Å². The van der Waals surface area contributed by atoms with Crippen LogP contribution in [0.2, 0.25) is 0 Å². The molecule has 2 aromatic carbocycles. The largest absolute Gasteiger partial charge is 0.326 e. The Labute approximate surface area is 131 Å². The van der Waals surface area contributed by atoms with Crippen molar-refractivity contribution in [1.29, 1.82) is 0 Å². The van der Waals surface area contributed by atoms with Crippen LogP contribution in [0.1, 0.15) is 33.4 Å². The first-order valence-electron chi connectivity index (χ1n) is 7.23. The van der Waals surface area contributed by atoms with E-state index in [9.17, 15) is 0 Å². The van der Waals surface area contributed by atoms with Gasteiger partial charge in [-0.2, -0.15) is 0 Å². The molecule has 0 amide bonds. The summed E-state index contributed by atoms with van der Waals surface area (Å²) in [4.78, 5) is 0. The topological polar surface area (TPSA) is 38.0 Å². The van der Waals surface area contributed by atoms with Gasteiger partial charge < -0.3 is 5.73 Å². The second-order valence-corrected chi connectivity index (χ2v) is 5.83. The van der Waals surface area contributed by atoms with Crippen molar-refractivity contribution in [1.82, 2.24) is 5.09 Å². The Morgan fingerprint density at radius 2 is 1.29 bits per heavy atom. The molecule has 0 saturated heterocycles. The molecule has 0 saturated carbocycles. The first-order chi connectivity index (χ1) is 9.97. The first-order valence-corrected chi connectivity index (χ1v) is 7.81. The number of nitrogens with two attached hydrogens (primary N) is 1. The summed E-state index contributed by atoms with van der Waals surface area (Å²) < 4.78 is 0. The highest BCUT2D eigenvalue weighted by Gasteiger charge is 1.94. The molecule has 0 aromatic heterocycles. The number of hydrogen-bond acceptors (Lipinski definition) is 2. The third-order valence-electron chi connectivity index (χ3n) is 3.68. The molecule has 1 atom stereocenters. The van der Waals surface area contributed by atoms with Gasteiger partial charge in [0.15, 0.2) is 0 Å². The molecule has 0 heterocycles. The van der Waals surface area contributed by atoms with Crippen LogP contribution in [0.4, 0.5) is 0 Å². The van der Waals surface area contributed by atoms with Gasteiger partial charge in [-0.15, -0.1) is 0 Å². The van der Waals surface area contributed by atoms with Gasteiger partial charge in [-0.25, -0.2) is 0 Å². The second-order valence-electron chi connectivity index (χ2n) is 5.42. The number of rotatable bonds is 3. The Morgan fingerprint density at radius 3 is 1.71 bits per heavy atom. The van der Waals surface area contributed by atoms with Crippen molar-refractivity contribution in [3.63, 3.8) is 0 Å². The van der Waals surface area contributed by atoms with Gasteiger partial charge in [0.1, 0.15) is 0 Å². The Balaban J connectivity index is 0.000000211. The number of nitrogens with one attached hydrogen (secondary N) is 1. The average molecular weight is 302 g/mol. The van der Waals surface area contributed by atoms with Crippen LogP contribution in [-0.4, -0.2) is 0 Å². The standard InChI is InChI=1S/C9H14NP.C9H13N/c1-7-3-4-9(6-10-11)5-8(7)2;1-7-3-4-9(6-10)5-8(7)2/h3-5,10H,6,11H2,1-2H3;3-5H,6,10H2,1-2H3. The van der Waals surface area contributed by atoms with Crippen molar-refractivity contribution in [3.05, 3.63) is 69.8 Å². The van der Waals surface area contributed by atoms with Crippen molar-refractivity contribution >= 4 is 9.39 Å². The molecule has 3 N–H and O–H groups in total. The maximum Gasteiger partial charge on any atom is 0.0237 e. The fourth-order valence-corrected chi connectivity index (χ4v) is 2.20. The van der Waals surface area contributed by atoms with Gasteiger partial charge >= 0.3 is 0 Å². The molecule has 0 spiro atoms. The molecule has 0 radical (unpaired) electrons. The average Bonchev–Trinajstić information content (AvgIpc) is 2.47. The number of benzene rings is 2. The molecule has 0 aliphatic carbocycles. The maximum atomic E-state index is 5.47. The third-order valence-corrected chi connectivity index (χ3v) is 3.89. The quantitative estimate of drug-likeness (QED) is 0.843. The van der Waals surface area contributed by atoms with E-state index in [1.54, 1.807) is 0 Å². The number of aryl methyl sites for hydroxylation is 4. The molecule has 0 aliphatic rings. The van der Waals surface area contributed by atoms with Crippen molar-refractivity contribution < 1.29 is 0 Å². The zero-order valence-electron chi connectivity index (χ0n) is 13.5. The molecular formula is C18H27N2P. The highest BCUT2D eigenvalue weighted by atomic mass is 31.0. The SMILES string of the molecule is Cc1ccc(CN)cc1C.Cc1ccc(CNP)cc1C. The lowest BCUT2D eigenvalue weighted by atomic mass is 10.1. The minimum absolute atomic E-state index is 0.640. The van der Waals surface area contributed by atoms with Gasteiger partial charge in [0.2, 0.25) is 0 Å². The molecule has 2 aromatic rings. The molecular weight excluding hydrogens is 275 g/mol. The summed E-state index contributed by atoms with van der Waals surface area (Å²) in [6.07, 6.45) is 0. The van der Waals surface area contributed by atoms with Crippen LogP contribution in [-0.2, 0) is 13.1 Å². The van der Waals surface area contributed by atoms with Crippen molar-refractivity contribution in [2.45, 2.75) is 40.8 Å². The molecule has 2 nitrogen and oxygen atoms in total. The third kappa shape index (κ3) is 5.97. The normalized spacial score (nSPS) is 10.0.